The Hall–Kier alpha value is -2.29. The predicted octanol–water partition coefficient (Wildman–Crippen LogP) is 4.99. The number of hydrogen-bond donors (Lipinski definition) is 0. The van der Waals surface area contributed by atoms with E-state index in [-0.39, 0.29) is 5.97 Å². The number of benzene rings is 1. The highest BCUT2D eigenvalue weighted by Crippen LogP contribution is 2.22. The van der Waals surface area contributed by atoms with Gasteiger partial charge in [-0.25, -0.2) is 4.79 Å². The van der Waals surface area contributed by atoms with Gasteiger partial charge in [0.1, 0.15) is 0 Å². The number of carbonyl (C=O) groups excluding carboxylic acids is 1. The quantitative estimate of drug-likeness (QED) is 0.739. The molecule has 0 N–H and O–H groups in total. The summed E-state index contributed by atoms with van der Waals surface area (Å²) >= 11 is 0. The van der Waals surface area contributed by atoms with E-state index in [4.69, 9.17) is 4.74 Å². The average Bonchev–Trinajstić information content (AvgIpc) is 3.00. The molecule has 25 heavy (non-hydrogen) atoms. The molecule has 1 aliphatic rings. The summed E-state index contributed by atoms with van der Waals surface area (Å²) < 4.78 is 7.30. The van der Waals surface area contributed by atoms with Gasteiger partial charge in [-0.2, -0.15) is 0 Å². The van der Waals surface area contributed by atoms with Crippen LogP contribution in [0.1, 0.15) is 55.3 Å². The normalized spacial score (nSPS) is 17.7. The van der Waals surface area contributed by atoms with Crippen molar-refractivity contribution in [2.24, 2.45) is 0 Å². The van der Waals surface area contributed by atoms with E-state index in [9.17, 15) is 4.79 Å². The smallest absolute Gasteiger partial charge is 0.333 e. The summed E-state index contributed by atoms with van der Waals surface area (Å²) in [5.41, 5.74) is 4.53. The minimum atomic E-state index is -0.200. The monoisotopic (exact) mass is 337 g/mol. The molecule has 3 nitrogen and oxygen atoms in total. The van der Waals surface area contributed by atoms with Gasteiger partial charge in [0.2, 0.25) is 0 Å². The van der Waals surface area contributed by atoms with Crippen LogP contribution < -0.4 is 0 Å². The van der Waals surface area contributed by atoms with Crippen molar-refractivity contribution in [3.63, 3.8) is 0 Å². The first-order chi connectivity index (χ1) is 12.3. The lowest BCUT2D eigenvalue weighted by molar-refractivity contribution is -0.136. The zero-order chi connectivity index (χ0) is 17.5. The largest absolute Gasteiger partial charge is 0.466 e. The molecular weight excluding hydrogens is 310 g/mol. The fourth-order valence-corrected chi connectivity index (χ4v) is 3.51. The molecule has 0 fully saturated rings. The number of rotatable bonds is 3. The number of carbonyl (C=O) groups is 1. The highest BCUT2D eigenvalue weighted by atomic mass is 16.5. The number of nitrogens with zero attached hydrogens (tertiary/aromatic N) is 1. The molecule has 1 aromatic heterocycles. The lowest BCUT2D eigenvalue weighted by Gasteiger charge is -2.09. The average molecular weight is 337 g/mol. The molecule has 0 amide bonds. The van der Waals surface area contributed by atoms with Crippen molar-refractivity contribution in [1.82, 2.24) is 4.57 Å². The van der Waals surface area contributed by atoms with Gasteiger partial charge >= 0.3 is 5.97 Å². The van der Waals surface area contributed by atoms with Crippen molar-refractivity contribution in [2.45, 2.75) is 51.5 Å². The minimum absolute atomic E-state index is 0.200. The maximum Gasteiger partial charge on any atom is 0.333 e. The standard InChI is InChI=1S/C22H27NO2/c1-25-22(24)20-12-8-3-2-4-9-13-21-15-19(14-20)17-23(21)16-18-10-6-5-7-11-18/h5-7,10-11,14-15,17H,2-4,8-9,12-13,16H2,1H3/b20-14-. The van der Waals surface area contributed by atoms with Crippen LogP contribution in [-0.2, 0) is 22.5 Å². The van der Waals surface area contributed by atoms with E-state index in [0.717, 1.165) is 36.9 Å². The number of esters is 1. The van der Waals surface area contributed by atoms with Crippen molar-refractivity contribution in [3.05, 3.63) is 65.0 Å². The second-order valence-electron chi connectivity index (χ2n) is 6.81. The van der Waals surface area contributed by atoms with Gasteiger partial charge in [0.25, 0.3) is 0 Å². The molecule has 1 aliphatic carbocycles. The summed E-state index contributed by atoms with van der Waals surface area (Å²) in [5, 5.41) is 0. The van der Waals surface area contributed by atoms with Gasteiger partial charge in [0.05, 0.1) is 7.11 Å². The Bertz CT molecular complexity index is 728. The van der Waals surface area contributed by atoms with Crippen LogP contribution in [0.15, 0.2) is 48.2 Å². The van der Waals surface area contributed by atoms with Gasteiger partial charge in [-0.1, -0.05) is 49.6 Å². The molecule has 2 bridgehead atoms. The Morgan fingerprint density at radius 3 is 2.52 bits per heavy atom. The van der Waals surface area contributed by atoms with E-state index < -0.39 is 0 Å². The Kier molecular flexibility index (Phi) is 6.10. The zero-order valence-electron chi connectivity index (χ0n) is 15.0. The van der Waals surface area contributed by atoms with Crippen LogP contribution in [0.5, 0.6) is 0 Å². The summed E-state index contributed by atoms with van der Waals surface area (Å²) in [7, 11) is 1.46. The molecule has 0 unspecified atom stereocenters. The molecule has 0 aliphatic heterocycles. The molecule has 2 aromatic rings. The number of fused-ring (bicyclic) bond motifs is 2. The maximum atomic E-state index is 12.1. The van der Waals surface area contributed by atoms with Gasteiger partial charge < -0.3 is 9.30 Å². The Morgan fingerprint density at radius 2 is 1.76 bits per heavy atom. The minimum Gasteiger partial charge on any atom is -0.466 e. The number of hydrogen-bond acceptors (Lipinski definition) is 2. The maximum absolute atomic E-state index is 12.1. The fourth-order valence-electron chi connectivity index (χ4n) is 3.51. The Morgan fingerprint density at radius 1 is 1.04 bits per heavy atom. The number of aromatic nitrogens is 1. The number of methoxy groups -OCH3 is 1. The second-order valence-corrected chi connectivity index (χ2v) is 6.81. The summed E-state index contributed by atoms with van der Waals surface area (Å²) in [6.07, 6.45) is 12.0. The highest BCUT2D eigenvalue weighted by Gasteiger charge is 2.13. The van der Waals surface area contributed by atoms with E-state index in [1.54, 1.807) is 0 Å². The van der Waals surface area contributed by atoms with Crippen LogP contribution >= 0.6 is 0 Å². The van der Waals surface area contributed by atoms with Crippen LogP contribution in [-0.4, -0.2) is 17.6 Å². The first-order valence-electron chi connectivity index (χ1n) is 9.28. The van der Waals surface area contributed by atoms with E-state index in [1.165, 1.54) is 44.1 Å². The molecule has 0 atom stereocenters. The Labute approximate surface area is 150 Å². The molecule has 0 spiro atoms. The second kappa shape index (κ2) is 8.70. The lowest BCUT2D eigenvalue weighted by Crippen LogP contribution is -2.04. The van der Waals surface area contributed by atoms with Crippen molar-refractivity contribution in [3.8, 4) is 0 Å². The van der Waals surface area contributed by atoms with Crippen LogP contribution in [0.2, 0.25) is 0 Å². The molecule has 0 saturated carbocycles. The third-order valence-corrected chi connectivity index (χ3v) is 4.87. The number of aryl methyl sites for hydroxylation is 1. The van der Waals surface area contributed by atoms with E-state index >= 15 is 0 Å². The van der Waals surface area contributed by atoms with Crippen molar-refractivity contribution in [2.75, 3.05) is 7.11 Å². The molecule has 0 radical (unpaired) electrons. The summed E-state index contributed by atoms with van der Waals surface area (Å²) in [6.45, 7) is 0.873. The van der Waals surface area contributed by atoms with E-state index in [2.05, 4.69) is 41.1 Å². The number of ether oxygens (including phenoxy) is 1. The molecule has 0 saturated heterocycles. The molecule has 1 heterocycles. The van der Waals surface area contributed by atoms with Crippen LogP contribution in [0, 0.1) is 0 Å². The van der Waals surface area contributed by atoms with Gasteiger partial charge in [0, 0.05) is 24.0 Å². The zero-order valence-corrected chi connectivity index (χ0v) is 15.0. The Balaban J connectivity index is 1.91. The predicted molar refractivity (Wildman–Crippen MR) is 101 cm³/mol. The van der Waals surface area contributed by atoms with E-state index in [0.29, 0.717) is 0 Å². The van der Waals surface area contributed by atoms with Gasteiger partial charge in [-0.15, -0.1) is 0 Å². The first-order valence-corrected chi connectivity index (χ1v) is 9.28. The molecule has 1 aromatic carbocycles. The highest BCUT2D eigenvalue weighted by molar-refractivity contribution is 5.93. The topological polar surface area (TPSA) is 31.2 Å². The first kappa shape index (κ1) is 17.5. The lowest BCUT2D eigenvalue weighted by atomic mass is 10.0. The van der Waals surface area contributed by atoms with Crippen LogP contribution in [0.25, 0.3) is 6.08 Å². The van der Waals surface area contributed by atoms with Crippen LogP contribution in [0.3, 0.4) is 0 Å². The van der Waals surface area contributed by atoms with Crippen molar-refractivity contribution < 1.29 is 9.53 Å². The molecule has 132 valence electrons. The van der Waals surface area contributed by atoms with Gasteiger partial charge in [-0.3, -0.25) is 0 Å². The molecule has 3 rings (SSSR count). The SMILES string of the molecule is COC(=O)/C1=C\c2cc(n(Cc3ccccc3)c2)CCCCCCC1. The fraction of sp³-hybridized carbons (Fsp3) is 0.409. The summed E-state index contributed by atoms with van der Waals surface area (Å²) in [5.74, 6) is -0.200. The molecule has 3 heteroatoms. The van der Waals surface area contributed by atoms with E-state index in [1.807, 2.05) is 12.1 Å². The third-order valence-electron chi connectivity index (χ3n) is 4.87. The summed E-state index contributed by atoms with van der Waals surface area (Å²) in [4.78, 5) is 12.1. The summed E-state index contributed by atoms with van der Waals surface area (Å²) in [6, 6.07) is 12.8. The van der Waals surface area contributed by atoms with Gasteiger partial charge in [0.15, 0.2) is 0 Å². The van der Waals surface area contributed by atoms with Crippen molar-refractivity contribution in [1.29, 1.82) is 0 Å². The molecular formula is C22H27NO2. The van der Waals surface area contributed by atoms with Crippen LogP contribution in [0.4, 0.5) is 0 Å². The van der Waals surface area contributed by atoms with Gasteiger partial charge in [-0.05, 0) is 49.0 Å². The van der Waals surface area contributed by atoms with Crippen molar-refractivity contribution >= 4 is 12.0 Å². The third kappa shape index (κ3) is 4.85.